The van der Waals surface area contributed by atoms with E-state index in [1.807, 2.05) is 10.7 Å². The zero-order valence-corrected chi connectivity index (χ0v) is 16.0. The van der Waals surface area contributed by atoms with Crippen LogP contribution in [0.2, 0.25) is 0 Å². The third-order valence-electron chi connectivity index (χ3n) is 4.95. The summed E-state index contributed by atoms with van der Waals surface area (Å²) in [5, 5.41) is 11.4. The molecule has 1 fully saturated rings. The molecule has 0 radical (unpaired) electrons. The lowest BCUT2D eigenvalue weighted by molar-refractivity contribution is -0.192. The van der Waals surface area contributed by atoms with Crippen LogP contribution in [0.3, 0.4) is 0 Å². The van der Waals surface area contributed by atoms with E-state index in [1.165, 1.54) is 11.1 Å². The highest BCUT2D eigenvalue weighted by Crippen LogP contribution is 2.32. The van der Waals surface area contributed by atoms with Crippen molar-refractivity contribution in [3.05, 3.63) is 54.1 Å². The number of aliphatic carboxylic acids is 1. The summed E-state index contributed by atoms with van der Waals surface area (Å²) in [4.78, 5) is 19.7. The van der Waals surface area contributed by atoms with Crippen LogP contribution in [-0.2, 0) is 11.3 Å². The molecule has 1 aromatic carbocycles. The maximum atomic E-state index is 10.6. The second-order valence-corrected chi connectivity index (χ2v) is 6.76. The van der Waals surface area contributed by atoms with Crippen LogP contribution in [-0.4, -0.2) is 49.9 Å². The molecule has 2 aromatic heterocycles. The van der Waals surface area contributed by atoms with Gasteiger partial charge in [-0.2, -0.15) is 22.8 Å². The van der Waals surface area contributed by atoms with Crippen LogP contribution in [0, 0.1) is 0 Å². The van der Waals surface area contributed by atoms with Gasteiger partial charge in [0.05, 0.1) is 12.4 Å². The molecule has 0 bridgehead atoms. The molecule has 30 heavy (non-hydrogen) atoms. The van der Waals surface area contributed by atoms with Crippen LogP contribution < -0.4 is 10.6 Å². The number of alkyl halides is 3. The van der Waals surface area contributed by atoms with Crippen molar-refractivity contribution in [1.82, 2.24) is 19.6 Å². The highest BCUT2D eigenvalue weighted by Gasteiger charge is 2.38. The summed E-state index contributed by atoms with van der Waals surface area (Å²) in [6, 6.07) is 8.54. The number of carboxylic acid groups (broad SMARTS) is 1. The summed E-state index contributed by atoms with van der Waals surface area (Å²) in [6.07, 6.45) is 2.32. The van der Waals surface area contributed by atoms with Gasteiger partial charge in [0.2, 0.25) is 0 Å². The fourth-order valence-electron chi connectivity index (χ4n) is 3.49. The van der Waals surface area contributed by atoms with E-state index in [4.69, 9.17) is 15.6 Å². The molecule has 160 valence electrons. The number of carboxylic acids is 1. The summed E-state index contributed by atoms with van der Waals surface area (Å²) in [6.45, 7) is 2.59. The second-order valence-electron chi connectivity index (χ2n) is 6.76. The average Bonchev–Trinajstić information content (AvgIpc) is 3.22. The summed E-state index contributed by atoms with van der Waals surface area (Å²) >= 11 is 0. The van der Waals surface area contributed by atoms with Gasteiger partial charge in [0.25, 0.3) is 0 Å². The van der Waals surface area contributed by atoms with Gasteiger partial charge in [-0.1, -0.05) is 24.3 Å². The topological polar surface area (TPSA) is 110 Å². The first-order chi connectivity index (χ1) is 14.3. The van der Waals surface area contributed by atoms with E-state index in [0.717, 1.165) is 37.4 Å². The van der Waals surface area contributed by atoms with Crippen molar-refractivity contribution >= 4 is 17.4 Å². The molecule has 0 unspecified atom stereocenters. The minimum Gasteiger partial charge on any atom is -0.475 e. The van der Waals surface area contributed by atoms with Crippen LogP contribution >= 0.6 is 0 Å². The first kappa shape index (κ1) is 21.5. The highest BCUT2D eigenvalue weighted by atomic mass is 19.4. The third-order valence-corrected chi connectivity index (χ3v) is 4.95. The number of aromatic nitrogens is 4. The van der Waals surface area contributed by atoms with E-state index >= 15 is 0 Å². The number of piperidine rings is 1. The van der Waals surface area contributed by atoms with Crippen LogP contribution in [0.15, 0.2) is 43.0 Å². The molecule has 0 aliphatic carbocycles. The maximum Gasteiger partial charge on any atom is 0.490 e. The van der Waals surface area contributed by atoms with Gasteiger partial charge in [0, 0.05) is 19.6 Å². The molecule has 0 saturated carbocycles. The number of hydrogen-bond acceptors (Lipinski definition) is 6. The van der Waals surface area contributed by atoms with Crippen LogP contribution in [0.4, 0.5) is 19.0 Å². The minimum absolute atomic E-state index is 0.578. The molecule has 0 atom stereocenters. The summed E-state index contributed by atoms with van der Waals surface area (Å²) in [7, 11) is 0. The molecule has 4 rings (SSSR count). The molecule has 1 aliphatic heterocycles. The number of carbonyl (C=O) groups is 1. The van der Waals surface area contributed by atoms with Crippen molar-refractivity contribution in [2.45, 2.75) is 31.5 Å². The van der Waals surface area contributed by atoms with Crippen molar-refractivity contribution < 1.29 is 23.1 Å². The van der Waals surface area contributed by atoms with Crippen molar-refractivity contribution in [3.8, 4) is 0 Å². The van der Waals surface area contributed by atoms with Crippen LogP contribution in [0.25, 0.3) is 5.65 Å². The van der Waals surface area contributed by atoms with Gasteiger partial charge in [-0.3, -0.25) is 4.98 Å². The Morgan fingerprint density at radius 2 is 1.87 bits per heavy atom. The van der Waals surface area contributed by atoms with Gasteiger partial charge in [-0.25, -0.2) is 9.78 Å². The molecule has 1 aliphatic rings. The van der Waals surface area contributed by atoms with Crippen molar-refractivity contribution in [3.63, 3.8) is 0 Å². The van der Waals surface area contributed by atoms with E-state index in [0.29, 0.717) is 12.5 Å². The van der Waals surface area contributed by atoms with Gasteiger partial charge in [-0.15, -0.1) is 0 Å². The largest absolute Gasteiger partial charge is 0.490 e. The lowest BCUT2D eigenvalue weighted by Gasteiger charge is -2.34. The molecule has 3 heterocycles. The Balaban J connectivity index is 0.000000318. The Hall–Kier alpha value is -3.21. The number of fused-ring (bicyclic) bond motifs is 1. The Morgan fingerprint density at radius 1 is 1.20 bits per heavy atom. The number of anilines is 1. The van der Waals surface area contributed by atoms with Crippen molar-refractivity contribution in [1.29, 1.82) is 0 Å². The number of nitrogens with two attached hydrogens (primary N) is 1. The summed E-state index contributed by atoms with van der Waals surface area (Å²) < 4.78 is 33.6. The van der Waals surface area contributed by atoms with Crippen LogP contribution in [0.1, 0.15) is 29.9 Å². The molecule has 3 N–H and O–H groups in total. The van der Waals surface area contributed by atoms with E-state index in [9.17, 15) is 13.2 Å². The molecule has 0 spiro atoms. The standard InChI is InChI=1S/C17H20N6.C2HF3O2/c18-9-14-3-1-2-4-15(14)13-5-7-22(8-6-13)17-11-19-10-16-20-12-21-23(16)17;3-2(4,5)1(6)7/h1-4,10-13H,5-9,18H2;(H,6,7). The molecule has 8 nitrogen and oxygen atoms in total. The van der Waals surface area contributed by atoms with E-state index < -0.39 is 12.1 Å². The van der Waals surface area contributed by atoms with Gasteiger partial charge >= 0.3 is 12.1 Å². The molecule has 0 amide bonds. The lowest BCUT2D eigenvalue weighted by Crippen LogP contribution is -2.34. The average molecular weight is 422 g/mol. The van der Waals surface area contributed by atoms with E-state index in [-0.39, 0.29) is 0 Å². The van der Waals surface area contributed by atoms with Gasteiger partial charge in [-0.05, 0) is 29.9 Å². The normalized spacial score (nSPS) is 15.0. The van der Waals surface area contributed by atoms with Gasteiger partial charge in [0.15, 0.2) is 11.5 Å². The van der Waals surface area contributed by atoms with Crippen LogP contribution in [0.5, 0.6) is 0 Å². The van der Waals surface area contributed by atoms with E-state index in [2.05, 4.69) is 44.2 Å². The Kier molecular flexibility index (Phi) is 6.50. The third kappa shape index (κ3) is 4.85. The second kappa shape index (κ2) is 9.08. The van der Waals surface area contributed by atoms with Gasteiger partial charge < -0.3 is 15.7 Å². The molecular weight excluding hydrogens is 401 g/mol. The lowest BCUT2D eigenvalue weighted by atomic mass is 9.86. The number of rotatable bonds is 3. The number of hydrogen-bond donors (Lipinski definition) is 2. The number of nitrogens with zero attached hydrogens (tertiary/aromatic N) is 5. The predicted molar refractivity (Wildman–Crippen MR) is 103 cm³/mol. The molecule has 1 saturated heterocycles. The van der Waals surface area contributed by atoms with Crippen molar-refractivity contribution in [2.24, 2.45) is 5.73 Å². The Bertz CT molecular complexity index is 999. The molecule has 11 heteroatoms. The van der Waals surface area contributed by atoms with Gasteiger partial charge in [0.1, 0.15) is 6.33 Å². The zero-order chi connectivity index (χ0) is 21.7. The minimum atomic E-state index is -5.08. The fourth-order valence-corrected chi connectivity index (χ4v) is 3.49. The SMILES string of the molecule is NCc1ccccc1C1CCN(c2cncc3ncnn23)CC1.O=C(O)C(F)(F)F. The first-order valence-electron chi connectivity index (χ1n) is 9.28. The summed E-state index contributed by atoms with van der Waals surface area (Å²) in [5.41, 5.74) is 9.36. The Labute approximate surface area is 170 Å². The highest BCUT2D eigenvalue weighted by molar-refractivity contribution is 5.73. The van der Waals surface area contributed by atoms with E-state index in [1.54, 1.807) is 12.5 Å². The quantitative estimate of drug-likeness (QED) is 0.668. The number of halogens is 3. The Morgan fingerprint density at radius 3 is 2.50 bits per heavy atom. The zero-order valence-electron chi connectivity index (χ0n) is 16.0. The maximum absolute atomic E-state index is 10.6. The first-order valence-corrected chi connectivity index (χ1v) is 9.28. The predicted octanol–water partition coefficient (Wildman–Crippen LogP) is 2.60. The monoisotopic (exact) mass is 422 g/mol. The summed E-state index contributed by atoms with van der Waals surface area (Å²) in [5.74, 6) is -1.16. The fraction of sp³-hybridized carbons (Fsp3) is 0.368. The van der Waals surface area contributed by atoms with Crippen molar-refractivity contribution in [2.75, 3.05) is 18.0 Å². The molecular formula is C19H21F3N6O2. The molecule has 3 aromatic rings. The number of benzene rings is 1. The smallest absolute Gasteiger partial charge is 0.475 e.